The fourth-order valence-electron chi connectivity index (χ4n) is 0.782. The number of rotatable bonds is 5. The molecule has 0 spiro atoms. The van der Waals surface area contributed by atoms with Gasteiger partial charge in [0.2, 0.25) is 0 Å². The first-order valence-corrected chi connectivity index (χ1v) is 3.88. The quantitative estimate of drug-likeness (QED) is 0.489. The van der Waals surface area contributed by atoms with Gasteiger partial charge in [-0.15, -0.1) is 12.4 Å². The first-order valence-electron chi connectivity index (χ1n) is 3.88. The molecule has 0 saturated carbocycles. The molecule has 0 aromatic carbocycles. The number of halogens is 1. The lowest BCUT2D eigenvalue weighted by molar-refractivity contribution is -0.145. The van der Waals surface area contributed by atoms with E-state index in [2.05, 4.69) is 4.74 Å². The molecule has 0 aromatic rings. The van der Waals surface area contributed by atoms with E-state index in [9.17, 15) is 9.59 Å². The van der Waals surface area contributed by atoms with Crippen LogP contribution in [0.5, 0.6) is 0 Å². The fourth-order valence-corrected chi connectivity index (χ4v) is 0.782. The van der Waals surface area contributed by atoms with Crippen LogP contribution in [-0.4, -0.2) is 43.9 Å². The van der Waals surface area contributed by atoms with Crippen molar-refractivity contribution in [2.45, 2.75) is 13.3 Å². The average Bonchev–Trinajstić information content (AvgIpc) is 1.84. The molecule has 0 fully saturated rings. The topological polar surface area (TPSA) is 46.6 Å². The van der Waals surface area contributed by atoms with Gasteiger partial charge < -0.3 is 9.64 Å². The summed E-state index contributed by atoms with van der Waals surface area (Å²) in [6.45, 7) is 2.33. The maximum absolute atomic E-state index is 11.0. The number of nitrogens with zero attached hydrogens (tertiary/aromatic N) is 1. The van der Waals surface area contributed by atoms with Crippen LogP contribution in [0.2, 0.25) is 0 Å². The Labute approximate surface area is 84.6 Å². The Morgan fingerprint density at radius 3 is 2.23 bits per heavy atom. The molecule has 0 bridgehead atoms. The molecule has 78 valence electrons. The van der Waals surface area contributed by atoms with E-state index in [1.807, 2.05) is 0 Å². The summed E-state index contributed by atoms with van der Waals surface area (Å²) in [5.74, 6) is -0.553. The summed E-state index contributed by atoms with van der Waals surface area (Å²) in [7, 11) is 3.56. The molecular weight excluding hydrogens is 194 g/mol. The molecule has 0 atom stereocenters. The predicted octanol–water partition coefficient (Wildman–Crippen LogP) is 0.492. The molecule has 13 heavy (non-hydrogen) atoms. The molecule has 0 N–H and O–H groups in total. The van der Waals surface area contributed by atoms with Gasteiger partial charge in [0.05, 0.1) is 13.2 Å². The van der Waals surface area contributed by atoms with Crippen molar-refractivity contribution in [2.75, 3.05) is 27.2 Å². The van der Waals surface area contributed by atoms with Crippen molar-refractivity contribution in [1.82, 2.24) is 4.90 Å². The van der Waals surface area contributed by atoms with E-state index in [1.165, 1.54) is 0 Å². The van der Waals surface area contributed by atoms with Crippen molar-refractivity contribution in [3.05, 3.63) is 0 Å². The van der Waals surface area contributed by atoms with Crippen LogP contribution in [0.4, 0.5) is 0 Å². The molecule has 0 amide bonds. The number of ether oxygens (including phenoxy) is 1. The Balaban J connectivity index is 0. The zero-order valence-electron chi connectivity index (χ0n) is 8.20. The SMILES string of the molecule is CCOC(=O)CC(=O)CN(C)C.Cl. The highest BCUT2D eigenvalue weighted by Gasteiger charge is 2.10. The number of hydrogen-bond donors (Lipinski definition) is 0. The number of ketones is 1. The van der Waals surface area contributed by atoms with Crippen molar-refractivity contribution in [2.24, 2.45) is 0 Å². The van der Waals surface area contributed by atoms with E-state index in [0.717, 1.165) is 0 Å². The average molecular weight is 210 g/mol. The third-order valence-electron chi connectivity index (χ3n) is 1.14. The van der Waals surface area contributed by atoms with Crippen molar-refractivity contribution >= 4 is 24.2 Å². The molecular formula is C8H16ClNO3. The Morgan fingerprint density at radius 1 is 1.31 bits per heavy atom. The van der Waals surface area contributed by atoms with Crippen LogP contribution < -0.4 is 0 Å². The van der Waals surface area contributed by atoms with Crippen LogP contribution in [0.1, 0.15) is 13.3 Å². The largest absolute Gasteiger partial charge is 0.466 e. The van der Waals surface area contributed by atoms with Gasteiger partial charge in [-0.2, -0.15) is 0 Å². The van der Waals surface area contributed by atoms with E-state index < -0.39 is 5.97 Å². The van der Waals surface area contributed by atoms with Crippen LogP contribution in [0.25, 0.3) is 0 Å². The summed E-state index contributed by atoms with van der Waals surface area (Å²) in [5, 5.41) is 0. The maximum Gasteiger partial charge on any atom is 0.313 e. The van der Waals surface area contributed by atoms with Crippen LogP contribution >= 0.6 is 12.4 Å². The molecule has 0 aliphatic carbocycles. The van der Waals surface area contributed by atoms with Crippen LogP contribution in [-0.2, 0) is 14.3 Å². The van der Waals surface area contributed by atoms with Gasteiger partial charge in [-0.1, -0.05) is 0 Å². The van der Waals surface area contributed by atoms with Gasteiger partial charge in [0, 0.05) is 0 Å². The highest BCUT2D eigenvalue weighted by molar-refractivity contribution is 5.96. The minimum atomic E-state index is -0.440. The second kappa shape index (κ2) is 8.01. The lowest BCUT2D eigenvalue weighted by atomic mass is 10.3. The zero-order valence-corrected chi connectivity index (χ0v) is 9.02. The number of carbonyl (C=O) groups is 2. The molecule has 0 radical (unpaired) electrons. The summed E-state index contributed by atoms with van der Waals surface area (Å²) in [5.41, 5.74) is 0. The van der Waals surface area contributed by atoms with Gasteiger partial charge in [-0.05, 0) is 21.0 Å². The number of esters is 1. The number of hydrogen-bond acceptors (Lipinski definition) is 4. The zero-order chi connectivity index (χ0) is 9.56. The van der Waals surface area contributed by atoms with Gasteiger partial charge in [0.1, 0.15) is 6.42 Å². The fraction of sp³-hybridized carbons (Fsp3) is 0.750. The third kappa shape index (κ3) is 9.30. The minimum absolute atomic E-state index is 0. The van der Waals surface area contributed by atoms with Crippen LogP contribution in [0.15, 0.2) is 0 Å². The summed E-state index contributed by atoms with van der Waals surface area (Å²) < 4.78 is 4.62. The van der Waals surface area contributed by atoms with Gasteiger partial charge in [-0.3, -0.25) is 9.59 Å². The van der Waals surface area contributed by atoms with Crippen molar-refractivity contribution in [1.29, 1.82) is 0 Å². The van der Waals surface area contributed by atoms with Gasteiger partial charge in [0.15, 0.2) is 5.78 Å². The van der Waals surface area contributed by atoms with E-state index in [-0.39, 0.29) is 24.6 Å². The van der Waals surface area contributed by atoms with Gasteiger partial charge in [-0.25, -0.2) is 0 Å². The molecule has 0 saturated heterocycles. The van der Waals surface area contributed by atoms with Gasteiger partial charge in [0.25, 0.3) is 0 Å². The van der Waals surface area contributed by atoms with Crippen molar-refractivity contribution in [3.63, 3.8) is 0 Å². The van der Waals surface area contributed by atoms with E-state index >= 15 is 0 Å². The second-order valence-corrected chi connectivity index (χ2v) is 2.76. The maximum atomic E-state index is 11.0. The lowest BCUT2D eigenvalue weighted by Gasteiger charge is -2.07. The molecule has 5 heteroatoms. The summed E-state index contributed by atoms with van der Waals surface area (Å²) in [4.78, 5) is 23.5. The third-order valence-corrected chi connectivity index (χ3v) is 1.14. The summed E-state index contributed by atoms with van der Waals surface area (Å²) >= 11 is 0. The second-order valence-electron chi connectivity index (χ2n) is 2.76. The van der Waals surface area contributed by atoms with Crippen molar-refractivity contribution < 1.29 is 14.3 Å². The molecule has 0 unspecified atom stereocenters. The minimum Gasteiger partial charge on any atom is -0.466 e. The Kier molecular flexibility index (Phi) is 9.17. The van der Waals surface area contributed by atoms with E-state index in [1.54, 1.807) is 25.9 Å². The predicted molar refractivity (Wildman–Crippen MR) is 52.1 cm³/mol. The molecule has 0 aliphatic heterocycles. The molecule has 4 nitrogen and oxygen atoms in total. The normalized spacial score (nSPS) is 9.23. The monoisotopic (exact) mass is 209 g/mol. The molecule has 0 aliphatic rings. The Bertz CT molecular complexity index is 171. The first-order chi connectivity index (χ1) is 5.56. The van der Waals surface area contributed by atoms with E-state index in [4.69, 9.17) is 0 Å². The smallest absolute Gasteiger partial charge is 0.313 e. The van der Waals surface area contributed by atoms with Gasteiger partial charge >= 0.3 is 5.97 Å². The molecule has 0 aromatic heterocycles. The number of Topliss-reactive ketones (excluding diaryl/α,β-unsaturated/α-hetero) is 1. The standard InChI is InChI=1S/C8H15NO3.ClH/c1-4-12-8(11)5-7(10)6-9(2)3;/h4-6H2,1-3H3;1H. The molecule has 0 rings (SSSR count). The molecule has 0 heterocycles. The van der Waals surface area contributed by atoms with Crippen LogP contribution in [0.3, 0.4) is 0 Å². The van der Waals surface area contributed by atoms with E-state index in [0.29, 0.717) is 13.2 Å². The Hall–Kier alpha value is -0.610. The summed E-state index contributed by atoms with van der Waals surface area (Å²) in [6.07, 6.45) is -0.119. The van der Waals surface area contributed by atoms with Crippen LogP contribution in [0, 0.1) is 0 Å². The number of likely N-dealkylation sites (N-methyl/N-ethyl adjacent to an activating group) is 1. The van der Waals surface area contributed by atoms with Crippen molar-refractivity contribution in [3.8, 4) is 0 Å². The Morgan fingerprint density at radius 2 is 1.85 bits per heavy atom. The highest BCUT2D eigenvalue weighted by Crippen LogP contribution is 1.89. The number of carbonyl (C=O) groups excluding carboxylic acids is 2. The summed E-state index contributed by atoms with van der Waals surface area (Å²) in [6, 6.07) is 0. The first kappa shape index (κ1) is 14.9. The lowest BCUT2D eigenvalue weighted by Crippen LogP contribution is -2.24. The highest BCUT2D eigenvalue weighted by atomic mass is 35.5.